The minimum absolute atomic E-state index is 0.0665. The minimum atomic E-state index is -0.431. The van der Waals surface area contributed by atoms with Gasteiger partial charge in [0.2, 0.25) is 5.91 Å². The summed E-state index contributed by atoms with van der Waals surface area (Å²) in [5.41, 5.74) is 4.15. The van der Waals surface area contributed by atoms with Crippen molar-refractivity contribution in [2.75, 3.05) is 55.4 Å². The third-order valence-corrected chi connectivity index (χ3v) is 6.13. The van der Waals surface area contributed by atoms with E-state index in [0.717, 1.165) is 5.56 Å². The molecule has 0 radical (unpaired) electrons. The van der Waals surface area contributed by atoms with Gasteiger partial charge in [-0.1, -0.05) is 30.3 Å². The maximum atomic E-state index is 13.8. The third-order valence-electron chi connectivity index (χ3n) is 6.13. The molecule has 8 nitrogen and oxygen atoms in total. The van der Waals surface area contributed by atoms with E-state index >= 15 is 0 Å². The van der Waals surface area contributed by atoms with Gasteiger partial charge < -0.3 is 25.7 Å². The molecular formula is C28H29FN4O4. The van der Waals surface area contributed by atoms with Gasteiger partial charge in [0.1, 0.15) is 5.82 Å². The van der Waals surface area contributed by atoms with Crippen LogP contribution in [-0.2, 0) is 9.59 Å². The van der Waals surface area contributed by atoms with Crippen LogP contribution in [0.4, 0.5) is 21.5 Å². The van der Waals surface area contributed by atoms with Gasteiger partial charge >= 0.3 is 0 Å². The molecule has 1 aliphatic heterocycles. The van der Waals surface area contributed by atoms with E-state index in [1.54, 1.807) is 42.3 Å². The number of rotatable bonds is 10. The number of amides is 2. The quantitative estimate of drug-likeness (QED) is 0.317. The molecule has 1 heterocycles. The Labute approximate surface area is 214 Å². The first-order valence-corrected chi connectivity index (χ1v) is 11.9. The maximum absolute atomic E-state index is 13.8. The fourth-order valence-electron chi connectivity index (χ4n) is 4.18. The molecule has 0 atom stereocenters. The van der Waals surface area contributed by atoms with Gasteiger partial charge in [-0.15, -0.1) is 0 Å². The van der Waals surface area contributed by atoms with E-state index in [2.05, 4.69) is 10.6 Å². The first-order chi connectivity index (χ1) is 17.9. The minimum Gasteiger partial charge on any atom is -0.395 e. The summed E-state index contributed by atoms with van der Waals surface area (Å²) in [6.45, 7) is 0.450. The number of carbonyl (C=O) groups excluding carboxylic acids is 2. The maximum Gasteiger partial charge on any atom is 0.258 e. The first kappa shape index (κ1) is 26.0. The number of hydrogen-bond donors (Lipinski definition) is 4. The van der Waals surface area contributed by atoms with Gasteiger partial charge in [-0.2, -0.15) is 0 Å². The second-order valence-electron chi connectivity index (χ2n) is 8.61. The van der Waals surface area contributed by atoms with Crippen molar-refractivity contribution in [2.45, 2.75) is 0 Å². The number of benzene rings is 3. The standard InChI is InChI=1S/C28H29FN4O4/c1-32(25(36)18-33(13-15-34)14-16-35)22-10-8-21(9-11-22)30-27(19-5-3-2-4-6-19)26-23-12-7-20(29)17-24(23)31-28(26)37/h2-12,17,30,34-35H,13-16,18H2,1H3,(H,31,37)/b27-26-. The molecule has 3 aromatic rings. The number of hydrogen-bond acceptors (Lipinski definition) is 6. The van der Waals surface area contributed by atoms with Crippen LogP contribution in [0.5, 0.6) is 0 Å². The number of likely N-dealkylation sites (N-methyl/N-ethyl adjacent to an activating group) is 1. The Morgan fingerprint density at radius 3 is 2.30 bits per heavy atom. The SMILES string of the molecule is CN(C(=O)CN(CCO)CCO)c1ccc(N/C(=C2\C(=O)Nc3cc(F)ccc32)c2ccccc2)cc1. The lowest BCUT2D eigenvalue weighted by atomic mass is 10.00. The third kappa shape index (κ3) is 6.03. The first-order valence-electron chi connectivity index (χ1n) is 11.9. The number of nitrogens with zero attached hydrogens (tertiary/aromatic N) is 2. The Morgan fingerprint density at radius 1 is 0.973 bits per heavy atom. The smallest absolute Gasteiger partial charge is 0.258 e. The lowest BCUT2D eigenvalue weighted by Crippen LogP contribution is -2.40. The molecule has 0 fully saturated rings. The molecule has 0 saturated heterocycles. The van der Waals surface area contributed by atoms with Crippen molar-refractivity contribution in [2.24, 2.45) is 0 Å². The predicted octanol–water partition coefficient (Wildman–Crippen LogP) is 3.01. The van der Waals surface area contributed by atoms with E-state index in [9.17, 15) is 24.2 Å². The zero-order valence-electron chi connectivity index (χ0n) is 20.4. The van der Waals surface area contributed by atoms with E-state index in [0.29, 0.717) is 47.0 Å². The highest BCUT2D eigenvalue weighted by Crippen LogP contribution is 2.38. The van der Waals surface area contributed by atoms with Gasteiger partial charge in [0.25, 0.3) is 5.91 Å². The van der Waals surface area contributed by atoms with Gasteiger partial charge in [0.15, 0.2) is 0 Å². The van der Waals surface area contributed by atoms with E-state index in [1.165, 1.54) is 17.0 Å². The molecule has 0 saturated carbocycles. The highest BCUT2D eigenvalue weighted by molar-refractivity contribution is 6.37. The second-order valence-corrected chi connectivity index (χ2v) is 8.61. The molecule has 3 aromatic carbocycles. The van der Waals surface area contributed by atoms with Crippen molar-refractivity contribution in [3.63, 3.8) is 0 Å². The molecule has 0 spiro atoms. The summed E-state index contributed by atoms with van der Waals surface area (Å²) in [6, 6.07) is 20.8. The van der Waals surface area contributed by atoms with Crippen molar-refractivity contribution in [3.05, 3.63) is 89.7 Å². The summed E-state index contributed by atoms with van der Waals surface area (Å²) in [7, 11) is 1.66. The van der Waals surface area contributed by atoms with Crippen molar-refractivity contribution in [1.29, 1.82) is 0 Å². The zero-order chi connectivity index (χ0) is 26.4. The number of aliphatic hydroxyl groups excluding tert-OH is 2. The van der Waals surface area contributed by atoms with Crippen LogP contribution in [0, 0.1) is 5.82 Å². The fraction of sp³-hybridized carbons (Fsp3) is 0.214. The molecule has 4 N–H and O–H groups in total. The Bertz CT molecular complexity index is 1290. The summed E-state index contributed by atoms with van der Waals surface area (Å²) in [6.07, 6.45) is 0. The predicted molar refractivity (Wildman–Crippen MR) is 142 cm³/mol. The Kier molecular flexibility index (Phi) is 8.29. The number of anilines is 3. The van der Waals surface area contributed by atoms with Crippen molar-refractivity contribution >= 4 is 40.1 Å². The highest BCUT2D eigenvalue weighted by atomic mass is 19.1. The van der Waals surface area contributed by atoms with Gasteiger partial charge in [-0.25, -0.2) is 4.39 Å². The molecule has 37 heavy (non-hydrogen) atoms. The summed E-state index contributed by atoms with van der Waals surface area (Å²) in [5, 5.41) is 24.4. The van der Waals surface area contributed by atoms with Crippen molar-refractivity contribution in [1.82, 2.24) is 4.90 Å². The largest absolute Gasteiger partial charge is 0.395 e. The molecule has 0 unspecified atom stereocenters. The summed E-state index contributed by atoms with van der Waals surface area (Å²) in [4.78, 5) is 28.9. The Morgan fingerprint density at radius 2 is 1.65 bits per heavy atom. The Hall–Kier alpha value is -4.05. The van der Waals surface area contributed by atoms with Gasteiger partial charge in [-0.05, 0) is 48.0 Å². The van der Waals surface area contributed by atoms with E-state index in [4.69, 9.17) is 0 Å². The second kappa shape index (κ2) is 11.8. The number of nitrogens with one attached hydrogen (secondary N) is 2. The molecule has 9 heteroatoms. The Balaban J connectivity index is 1.60. The van der Waals surface area contributed by atoms with E-state index in [1.807, 2.05) is 30.3 Å². The van der Waals surface area contributed by atoms with Crippen LogP contribution < -0.4 is 15.5 Å². The molecule has 0 aliphatic carbocycles. The fourth-order valence-corrected chi connectivity index (χ4v) is 4.18. The average molecular weight is 505 g/mol. The van der Waals surface area contributed by atoms with Gasteiger partial charge in [0.05, 0.1) is 36.7 Å². The lowest BCUT2D eigenvalue weighted by Gasteiger charge is -2.24. The molecule has 1 aliphatic rings. The molecule has 4 rings (SSSR count). The van der Waals surface area contributed by atoms with Crippen LogP contribution in [0.1, 0.15) is 11.1 Å². The van der Waals surface area contributed by atoms with Gasteiger partial charge in [-0.3, -0.25) is 14.5 Å². The van der Waals surface area contributed by atoms with Crippen LogP contribution in [-0.4, -0.2) is 66.8 Å². The van der Waals surface area contributed by atoms with Crippen molar-refractivity contribution in [3.8, 4) is 0 Å². The number of aliphatic hydroxyl groups is 2. The van der Waals surface area contributed by atoms with Crippen LogP contribution in [0.3, 0.4) is 0 Å². The summed E-state index contributed by atoms with van der Waals surface area (Å²) < 4.78 is 13.8. The van der Waals surface area contributed by atoms with Gasteiger partial charge in [0, 0.05) is 37.1 Å². The lowest BCUT2D eigenvalue weighted by molar-refractivity contribution is -0.119. The summed E-state index contributed by atoms with van der Waals surface area (Å²) >= 11 is 0. The normalized spacial score (nSPS) is 13.8. The van der Waals surface area contributed by atoms with Crippen LogP contribution >= 0.6 is 0 Å². The molecular weight excluding hydrogens is 475 g/mol. The van der Waals surface area contributed by atoms with E-state index < -0.39 is 5.82 Å². The average Bonchev–Trinajstić information content (AvgIpc) is 3.22. The highest BCUT2D eigenvalue weighted by Gasteiger charge is 2.28. The van der Waals surface area contributed by atoms with Crippen LogP contribution in [0.15, 0.2) is 72.8 Å². The molecule has 0 bridgehead atoms. The zero-order valence-corrected chi connectivity index (χ0v) is 20.4. The number of fused-ring (bicyclic) bond motifs is 1. The summed E-state index contributed by atoms with van der Waals surface area (Å²) in [5.74, 6) is -0.940. The van der Waals surface area contributed by atoms with E-state index in [-0.39, 0.29) is 31.6 Å². The topological polar surface area (TPSA) is 105 Å². The number of halogens is 1. The van der Waals surface area contributed by atoms with Crippen LogP contribution in [0.2, 0.25) is 0 Å². The monoisotopic (exact) mass is 504 g/mol. The molecule has 192 valence electrons. The number of carbonyl (C=O) groups is 2. The van der Waals surface area contributed by atoms with Crippen molar-refractivity contribution < 1.29 is 24.2 Å². The molecule has 0 aromatic heterocycles. The molecule has 2 amide bonds. The van der Waals surface area contributed by atoms with Crippen LogP contribution in [0.25, 0.3) is 11.3 Å².